The molecule has 0 heterocycles. The van der Waals surface area contributed by atoms with Crippen LogP contribution in [0.2, 0.25) is 39.3 Å². The van der Waals surface area contributed by atoms with Crippen LogP contribution in [-0.2, 0) is 16.2 Å². The van der Waals surface area contributed by atoms with Gasteiger partial charge in [0, 0.05) is 0 Å². The Bertz CT molecular complexity index is 620. The lowest BCUT2D eigenvalue weighted by Crippen LogP contribution is -2.43. The molecule has 0 aliphatic heterocycles. The number of hydrogen-bond acceptors (Lipinski definition) is 0. The maximum Gasteiger partial charge on any atom is 0.0730 e. The van der Waals surface area contributed by atoms with Crippen molar-refractivity contribution in [1.82, 2.24) is 0 Å². The second-order valence-electron chi connectivity index (χ2n) is 13.3. The normalized spacial score (nSPS) is 14.8. The van der Waals surface area contributed by atoms with Gasteiger partial charge in [0.25, 0.3) is 0 Å². The zero-order valence-electron chi connectivity index (χ0n) is 21.1. The number of rotatable bonds is 3. The van der Waals surface area contributed by atoms with E-state index in [1.807, 2.05) is 0 Å². The van der Waals surface area contributed by atoms with Crippen molar-refractivity contribution in [3.05, 3.63) is 28.8 Å². The van der Waals surface area contributed by atoms with E-state index in [2.05, 4.69) is 114 Å². The molecule has 0 atom stereocenters. The average molecular weight is 423 g/mol. The number of benzene rings is 1. The number of hydrogen-bond donors (Lipinski definition) is 0. The molecule has 0 aliphatic rings. The molecule has 0 aromatic heterocycles. The molecule has 0 nitrogen and oxygen atoms in total. The van der Waals surface area contributed by atoms with Crippen LogP contribution < -0.4 is 5.30 Å². The molecule has 0 saturated carbocycles. The summed E-state index contributed by atoms with van der Waals surface area (Å²) < 4.78 is 0. The Hall–Kier alpha value is 0.0838. The van der Waals surface area contributed by atoms with Gasteiger partial charge in [-0.05, 0) is 38.2 Å². The minimum Gasteiger partial charge on any atom is -0.0991 e. The zero-order chi connectivity index (χ0) is 21.8. The summed E-state index contributed by atoms with van der Waals surface area (Å²) in [5.41, 5.74) is 5.31. The predicted octanol–water partition coefficient (Wildman–Crippen LogP) is 8.36. The first-order chi connectivity index (χ1) is 11.6. The molecule has 0 amide bonds. The van der Waals surface area contributed by atoms with E-state index < -0.39 is 15.5 Å². The Morgan fingerprint density at radius 2 is 0.852 bits per heavy atom. The first-order valence-electron chi connectivity index (χ1n) is 10.6. The van der Waals surface area contributed by atoms with Crippen LogP contribution in [-0.4, -0.2) is 15.5 Å². The summed E-state index contributed by atoms with van der Waals surface area (Å²) in [6.45, 7) is 37.3. The van der Waals surface area contributed by atoms with Crippen LogP contribution in [0.15, 0.2) is 12.1 Å². The van der Waals surface area contributed by atoms with Crippen molar-refractivity contribution in [2.45, 2.75) is 118 Å². The van der Waals surface area contributed by atoms with Gasteiger partial charge in [0.1, 0.15) is 0 Å². The first kappa shape index (κ1) is 25.1. The zero-order valence-corrected chi connectivity index (χ0v) is 24.0. The summed E-state index contributed by atoms with van der Waals surface area (Å²) in [5, 5.41) is 1.79. The molecule has 1 aromatic rings. The van der Waals surface area contributed by atoms with Gasteiger partial charge in [-0.15, -0.1) is 0 Å². The smallest absolute Gasteiger partial charge is 0.0730 e. The molecular weight excluding hydrogens is 375 g/mol. The molecular formula is C24H47PSi2. The third-order valence-corrected chi connectivity index (χ3v) is 30.2. The lowest BCUT2D eigenvalue weighted by atomic mass is 9.75. The van der Waals surface area contributed by atoms with E-state index in [4.69, 9.17) is 0 Å². The van der Waals surface area contributed by atoms with Crippen molar-refractivity contribution >= 4 is 27.8 Å². The molecule has 0 bridgehead atoms. The van der Waals surface area contributed by atoms with E-state index >= 15 is 0 Å². The maximum absolute atomic E-state index is 2.62. The SMILES string of the molecule is CC(C)(C)c1cc(C(C)(C)C)c(P([Si](C)(C)C)[Si](C)(C)C)c(C(C)(C)C)c1. The fourth-order valence-corrected chi connectivity index (χ4v) is 38.4. The summed E-state index contributed by atoms with van der Waals surface area (Å²) in [6.07, 6.45) is 0. The largest absolute Gasteiger partial charge is 0.0991 e. The van der Waals surface area contributed by atoms with E-state index in [1.54, 1.807) is 16.4 Å². The van der Waals surface area contributed by atoms with Gasteiger partial charge in [-0.1, -0.05) is 121 Å². The van der Waals surface area contributed by atoms with Crippen LogP contribution >= 0.6 is 7.02 Å². The molecule has 0 radical (unpaired) electrons. The van der Waals surface area contributed by atoms with Crippen molar-refractivity contribution < 1.29 is 0 Å². The molecule has 0 fully saturated rings. The third kappa shape index (κ3) is 6.03. The lowest BCUT2D eigenvalue weighted by molar-refractivity contribution is 0.554. The average Bonchev–Trinajstić information content (AvgIpc) is 2.30. The molecule has 156 valence electrons. The quantitative estimate of drug-likeness (QED) is 0.339. The van der Waals surface area contributed by atoms with E-state index in [0.717, 1.165) is 0 Å². The van der Waals surface area contributed by atoms with E-state index in [1.165, 1.54) is 5.56 Å². The van der Waals surface area contributed by atoms with Gasteiger partial charge in [-0.2, -0.15) is 0 Å². The summed E-state index contributed by atoms with van der Waals surface area (Å²) in [5.74, 6) is 0. The highest BCUT2D eigenvalue weighted by Crippen LogP contribution is 2.57. The predicted molar refractivity (Wildman–Crippen MR) is 136 cm³/mol. The van der Waals surface area contributed by atoms with Gasteiger partial charge < -0.3 is 0 Å². The van der Waals surface area contributed by atoms with Crippen LogP contribution in [0.3, 0.4) is 0 Å². The topological polar surface area (TPSA) is 0 Å². The second-order valence-corrected chi connectivity index (χ2v) is 35.2. The Kier molecular flexibility index (Phi) is 6.89. The third-order valence-electron chi connectivity index (χ3n) is 5.16. The molecule has 0 N–H and O–H groups in total. The van der Waals surface area contributed by atoms with Crippen LogP contribution in [0.4, 0.5) is 0 Å². The van der Waals surface area contributed by atoms with Gasteiger partial charge in [0.2, 0.25) is 0 Å². The Morgan fingerprint density at radius 1 is 0.556 bits per heavy atom. The second kappa shape index (κ2) is 7.40. The van der Waals surface area contributed by atoms with E-state index in [0.29, 0.717) is 0 Å². The summed E-state index contributed by atoms with van der Waals surface area (Å²) in [7, 11) is -2.72. The first-order valence-corrected chi connectivity index (χ1v) is 20.6. The molecule has 0 aliphatic carbocycles. The molecule has 0 saturated heterocycles. The molecule has 0 spiro atoms. The van der Waals surface area contributed by atoms with Gasteiger partial charge in [0.05, 0.1) is 15.5 Å². The lowest BCUT2D eigenvalue weighted by Gasteiger charge is -2.45. The van der Waals surface area contributed by atoms with Crippen LogP contribution in [0.1, 0.15) is 79.0 Å². The molecule has 1 aromatic carbocycles. The summed E-state index contributed by atoms with van der Waals surface area (Å²) >= 11 is 0. The van der Waals surface area contributed by atoms with Gasteiger partial charge in [-0.3, -0.25) is 0 Å². The van der Waals surface area contributed by atoms with Crippen LogP contribution in [0.25, 0.3) is 0 Å². The summed E-state index contributed by atoms with van der Waals surface area (Å²) in [6, 6.07) is 5.17. The standard InChI is InChI=1S/C24H47PSi2/c1-22(2,3)18-16-19(23(4,5)6)21(20(17-18)24(7,8)9)25(26(10,11)12)27(13,14)15/h16-17H,1-15H3. The van der Waals surface area contributed by atoms with Gasteiger partial charge in [0.15, 0.2) is 0 Å². The maximum atomic E-state index is 2.62. The van der Waals surface area contributed by atoms with Crippen molar-refractivity contribution in [2.75, 3.05) is 0 Å². The minimum absolute atomic E-state index is 0.0785. The Labute approximate surface area is 174 Å². The van der Waals surface area contributed by atoms with Crippen LogP contribution in [0, 0.1) is 0 Å². The molecule has 1 rings (SSSR count). The monoisotopic (exact) mass is 422 g/mol. The van der Waals surface area contributed by atoms with Gasteiger partial charge >= 0.3 is 0 Å². The fraction of sp³-hybridized carbons (Fsp3) is 0.750. The Morgan fingerprint density at radius 3 is 1.04 bits per heavy atom. The van der Waals surface area contributed by atoms with Crippen molar-refractivity contribution in [3.8, 4) is 0 Å². The minimum atomic E-state index is -1.32. The molecule has 3 heteroatoms. The van der Waals surface area contributed by atoms with E-state index in [9.17, 15) is 0 Å². The fourth-order valence-electron chi connectivity index (χ4n) is 4.13. The summed E-state index contributed by atoms with van der Waals surface area (Å²) in [4.78, 5) is 0. The van der Waals surface area contributed by atoms with E-state index in [-0.39, 0.29) is 23.3 Å². The highest BCUT2D eigenvalue weighted by atomic mass is 31.6. The van der Waals surface area contributed by atoms with Crippen molar-refractivity contribution in [2.24, 2.45) is 0 Å². The highest BCUT2D eigenvalue weighted by molar-refractivity contribution is 8.22. The van der Waals surface area contributed by atoms with Crippen molar-refractivity contribution in [1.29, 1.82) is 0 Å². The van der Waals surface area contributed by atoms with Gasteiger partial charge in [-0.25, -0.2) is 0 Å². The highest BCUT2D eigenvalue weighted by Gasteiger charge is 2.43. The molecule has 27 heavy (non-hydrogen) atoms. The van der Waals surface area contributed by atoms with Crippen LogP contribution in [0.5, 0.6) is 0 Å². The molecule has 0 unspecified atom stereocenters. The Balaban J connectivity index is 4.18. The van der Waals surface area contributed by atoms with Crippen molar-refractivity contribution in [3.63, 3.8) is 0 Å².